The van der Waals surface area contributed by atoms with Gasteiger partial charge in [0.2, 0.25) is 0 Å². The number of allylic oxidation sites excluding steroid dienone is 1. The van der Waals surface area contributed by atoms with Crippen LogP contribution in [0.5, 0.6) is 5.75 Å². The molecule has 0 unspecified atom stereocenters. The van der Waals surface area contributed by atoms with E-state index in [2.05, 4.69) is 79.6 Å². The van der Waals surface area contributed by atoms with Crippen LogP contribution in [0.15, 0.2) is 6.08 Å². The van der Waals surface area contributed by atoms with Gasteiger partial charge in [-0.15, -0.1) is 0 Å². The second kappa shape index (κ2) is 7.76. The zero-order chi connectivity index (χ0) is 23.4. The van der Waals surface area contributed by atoms with Crippen LogP contribution in [-0.2, 0) is 10.8 Å². The molecule has 0 aromatic heterocycles. The molecule has 1 aromatic carbocycles. The van der Waals surface area contributed by atoms with Crippen LogP contribution in [0.3, 0.4) is 0 Å². The molecule has 0 atom stereocenters. The van der Waals surface area contributed by atoms with Gasteiger partial charge in [0.25, 0.3) is 0 Å². The molecule has 0 fully saturated rings. The van der Waals surface area contributed by atoms with Crippen LogP contribution in [0.1, 0.15) is 68.6 Å². The average Bonchev–Trinajstić information content (AvgIpc) is 3.23. The van der Waals surface area contributed by atoms with Crippen molar-refractivity contribution < 1.29 is 14.0 Å². The van der Waals surface area contributed by atoms with Crippen LogP contribution in [0, 0.1) is 11.8 Å². The lowest BCUT2D eigenvalue weighted by Gasteiger charge is -2.39. The molecular weight excluding hydrogens is 416 g/mol. The lowest BCUT2D eigenvalue weighted by molar-refractivity contribution is 0.105. The zero-order valence-electron chi connectivity index (χ0n) is 21.0. The van der Waals surface area contributed by atoms with Crippen molar-refractivity contribution in [3.8, 4) is 17.6 Å². The molecule has 1 heterocycles. The summed E-state index contributed by atoms with van der Waals surface area (Å²) in [6.07, 6.45) is 4.51. The Morgan fingerprint density at radius 2 is 1.68 bits per heavy atom. The van der Waals surface area contributed by atoms with Gasteiger partial charge < -0.3 is 9.16 Å². The monoisotopic (exact) mass is 454 g/mol. The fraction of sp³-hybridized carbons (Fsp3) is 0.577. The summed E-state index contributed by atoms with van der Waals surface area (Å²) in [7, 11) is -3.78. The van der Waals surface area contributed by atoms with Gasteiger partial charge in [-0.1, -0.05) is 72.6 Å². The number of hydrogen-bond acceptors (Lipinski definition) is 3. The van der Waals surface area contributed by atoms with E-state index in [4.69, 9.17) is 9.16 Å². The number of benzene rings is 1. The zero-order valence-corrected chi connectivity index (χ0v) is 23.0. The SMILES string of the molecule is CC(C)(C)[Si](C)(C)OCC#Cc1c2c(c([Si](C)(C)C(C)(C)C)c3c1C(=O)C=C3)OCC2. The third-order valence-electron chi connectivity index (χ3n) is 7.86. The molecule has 0 radical (unpaired) electrons. The minimum absolute atomic E-state index is 0.0688. The largest absolute Gasteiger partial charge is 0.493 e. The van der Waals surface area contributed by atoms with Crippen molar-refractivity contribution in [1.82, 2.24) is 0 Å². The van der Waals surface area contributed by atoms with Gasteiger partial charge in [-0.05, 0) is 40.0 Å². The first-order chi connectivity index (χ1) is 14.1. The fourth-order valence-corrected chi connectivity index (χ4v) is 7.09. The smallest absolute Gasteiger partial charge is 0.193 e. The normalized spacial score (nSPS) is 16.0. The van der Waals surface area contributed by atoms with Gasteiger partial charge in [-0.25, -0.2) is 0 Å². The number of ketones is 1. The highest BCUT2D eigenvalue weighted by Gasteiger charge is 2.44. The highest BCUT2D eigenvalue weighted by molar-refractivity contribution is 6.93. The van der Waals surface area contributed by atoms with Gasteiger partial charge >= 0.3 is 0 Å². The molecule has 1 aliphatic carbocycles. The molecule has 0 N–H and O–H groups in total. The molecule has 0 saturated heterocycles. The summed E-state index contributed by atoms with van der Waals surface area (Å²) in [5, 5.41) is 1.58. The second-order valence-corrected chi connectivity index (χ2v) is 21.9. The van der Waals surface area contributed by atoms with E-state index in [0.29, 0.717) is 13.2 Å². The molecule has 0 bridgehead atoms. The van der Waals surface area contributed by atoms with Crippen LogP contribution in [0.2, 0.25) is 36.3 Å². The molecule has 0 saturated carbocycles. The standard InChI is InChI=1S/C26H38O3Si2/c1-25(2,3)30(7,8)24-20-13-14-21(27)22(20)18(19-15-17-28-23(19)24)12-11-16-29-31(9,10)26(4,5)6/h13-14H,15-17H2,1-10H3. The third-order valence-corrected chi connectivity index (χ3v) is 17.8. The van der Waals surface area contributed by atoms with Gasteiger partial charge in [0.1, 0.15) is 5.75 Å². The molecule has 2 aliphatic rings. The average molecular weight is 455 g/mol. The van der Waals surface area contributed by atoms with Crippen LogP contribution < -0.4 is 9.92 Å². The molecular formula is C26H38O3Si2. The first-order valence-electron chi connectivity index (χ1n) is 11.3. The van der Waals surface area contributed by atoms with Crippen molar-refractivity contribution in [2.75, 3.05) is 13.2 Å². The predicted molar refractivity (Wildman–Crippen MR) is 136 cm³/mol. The molecule has 31 heavy (non-hydrogen) atoms. The van der Waals surface area contributed by atoms with E-state index in [-0.39, 0.29) is 15.9 Å². The van der Waals surface area contributed by atoms with Gasteiger partial charge in [0, 0.05) is 23.1 Å². The van der Waals surface area contributed by atoms with Crippen molar-refractivity contribution in [1.29, 1.82) is 0 Å². The van der Waals surface area contributed by atoms with E-state index in [1.54, 1.807) is 6.08 Å². The number of carbonyl (C=O) groups is 1. The minimum Gasteiger partial charge on any atom is -0.493 e. The topological polar surface area (TPSA) is 35.5 Å². The van der Waals surface area contributed by atoms with E-state index < -0.39 is 16.4 Å². The van der Waals surface area contributed by atoms with E-state index in [0.717, 1.165) is 34.4 Å². The lowest BCUT2D eigenvalue weighted by atomic mass is 9.95. The summed E-state index contributed by atoms with van der Waals surface area (Å²) >= 11 is 0. The number of carbonyl (C=O) groups excluding carboxylic acids is 1. The Kier molecular flexibility index (Phi) is 6.01. The Morgan fingerprint density at radius 3 is 2.26 bits per heavy atom. The maximum Gasteiger partial charge on any atom is 0.193 e. The van der Waals surface area contributed by atoms with Crippen molar-refractivity contribution in [2.45, 2.75) is 84.2 Å². The van der Waals surface area contributed by atoms with Gasteiger partial charge in [-0.2, -0.15) is 0 Å². The Hall–Kier alpha value is -1.62. The Labute approximate surface area is 190 Å². The predicted octanol–water partition coefficient (Wildman–Crippen LogP) is 5.92. The highest BCUT2D eigenvalue weighted by Crippen LogP contribution is 2.43. The molecule has 0 spiro atoms. The van der Waals surface area contributed by atoms with Crippen molar-refractivity contribution >= 4 is 33.4 Å². The van der Waals surface area contributed by atoms with Crippen molar-refractivity contribution in [3.05, 3.63) is 28.3 Å². The van der Waals surface area contributed by atoms with Crippen LogP contribution in [0.25, 0.3) is 6.08 Å². The maximum absolute atomic E-state index is 12.9. The number of rotatable bonds is 3. The molecule has 3 rings (SSSR count). The van der Waals surface area contributed by atoms with Gasteiger partial charge in [-0.3, -0.25) is 4.79 Å². The van der Waals surface area contributed by atoms with Crippen molar-refractivity contribution in [2.24, 2.45) is 0 Å². The second-order valence-electron chi connectivity index (χ2n) is 11.9. The highest BCUT2D eigenvalue weighted by atomic mass is 28.4. The fourth-order valence-electron chi connectivity index (χ4n) is 3.81. The third kappa shape index (κ3) is 4.10. The number of fused-ring (bicyclic) bond motifs is 2. The van der Waals surface area contributed by atoms with Gasteiger partial charge in [0.05, 0.1) is 21.3 Å². The van der Waals surface area contributed by atoms with E-state index in [9.17, 15) is 4.79 Å². The van der Waals surface area contributed by atoms with Gasteiger partial charge in [0.15, 0.2) is 14.1 Å². The molecule has 0 amide bonds. The maximum atomic E-state index is 12.9. The summed E-state index contributed by atoms with van der Waals surface area (Å²) in [6, 6.07) is 0. The number of hydrogen-bond donors (Lipinski definition) is 0. The molecule has 3 nitrogen and oxygen atoms in total. The molecule has 5 heteroatoms. The Balaban J connectivity index is 2.10. The number of ether oxygens (including phenoxy) is 1. The first kappa shape index (κ1) is 24.0. The minimum atomic E-state index is -1.93. The first-order valence-corrected chi connectivity index (χ1v) is 17.2. The lowest BCUT2D eigenvalue weighted by Crippen LogP contribution is -2.51. The summed E-state index contributed by atoms with van der Waals surface area (Å²) in [5.74, 6) is 7.64. The summed E-state index contributed by atoms with van der Waals surface area (Å²) in [4.78, 5) is 12.9. The summed E-state index contributed by atoms with van der Waals surface area (Å²) in [6.45, 7) is 23.9. The van der Waals surface area contributed by atoms with E-state index in [1.165, 1.54) is 5.19 Å². The van der Waals surface area contributed by atoms with Crippen LogP contribution >= 0.6 is 0 Å². The summed E-state index contributed by atoms with van der Waals surface area (Å²) < 4.78 is 12.5. The Morgan fingerprint density at radius 1 is 1.03 bits per heavy atom. The molecule has 1 aromatic rings. The molecule has 1 aliphatic heterocycles. The Bertz CT molecular complexity index is 1010. The van der Waals surface area contributed by atoms with Crippen LogP contribution in [-0.4, -0.2) is 35.4 Å². The molecule has 168 valence electrons. The van der Waals surface area contributed by atoms with E-state index >= 15 is 0 Å². The quantitative estimate of drug-likeness (QED) is 0.420. The van der Waals surface area contributed by atoms with Crippen molar-refractivity contribution in [3.63, 3.8) is 0 Å². The van der Waals surface area contributed by atoms with E-state index in [1.807, 2.05) is 6.08 Å². The van der Waals surface area contributed by atoms with Crippen LogP contribution in [0.4, 0.5) is 0 Å². The summed E-state index contributed by atoms with van der Waals surface area (Å²) in [5.41, 5.74) is 3.81.